The molecule has 1 unspecified atom stereocenters. The van der Waals surface area contributed by atoms with Gasteiger partial charge in [0.15, 0.2) is 0 Å². The molecule has 2 aromatic heterocycles. The molecule has 1 atom stereocenters. The van der Waals surface area contributed by atoms with Gasteiger partial charge in [0.05, 0.1) is 18.5 Å². The highest BCUT2D eigenvalue weighted by Gasteiger charge is 2.24. The minimum Gasteiger partial charge on any atom is -0.383 e. The number of hydrogen-bond donors (Lipinski definition) is 1. The second-order valence-electron chi connectivity index (χ2n) is 5.70. The molecule has 0 spiro atoms. The summed E-state index contributed by atoms with van der Waals surface area (Å²) in [5.41, 5.74) is 1.15. The third kappa shape index (κ3) is 4.47. The maximum Gasteiger partial charge on any atom is 0.118 e. The van der Waals surface area contributed by atoms with Gasteiger partial charge in [0.1, 0.15) is 20.4 Å². The second kappa shape index (κ2) is 7.15. The van der Waals surface area contributed by atoms with Gasteiger partial charge >= 0.3 is 0 Å². The van der Waals surface area contributed by atoms with Crippen LogP contribution in [0.4, 0.5) is 0 Å². The molecule has 0 radical (unpaired) electrons. The lowest BCUT2D eigenvalue weighted by Gasteiger charge is -2.16. The van der Waals surface area contributed by atoms with E-state index in [1.54, 1.807) is 24.6 Å². The Labute approximate surface area is 138 Å². The van der Waals surface area contributed by atoms with E-state index < -0.39 is 0 Å². The van der Waals surface area contributed by atoms with Gasteiger partial charge in [-0.2, -0.15) is 0 Å². The van der Waals surface area contributed by atoms with E-state index in [1.807, 2.05) is 0 Å². The number of rotatable bonds is 6. The molecule has 0 bridgehead atoms. The van der Waals surface area contributed by atoms with Crippen molar-refractivity contribution in [3.8, 4) is 0 Å². The maximum absolute atomic E-state index is 6.02. The van der Waals surface area contributed by atoms with Crippen molar-refractivity contribution in [3.05, 3.63) is 31.6 Å². The lowest BCUT2D eigenvalue weighted by molar-refractivity contribution is 0.197. The standard InChI is InChI=1S/C14H20ClN3OS2/c1-14(2,3)9-8-20-13(18-9)11(16-5-6-19-4)12-17-7-10(15)21-12/h7-8,11,16H,5-6H2,1-4H3. The molecule has 0 aliphatic heterocycles. The summed E-state index contributed by atoms with van der Waals surface area (Å²) in [6, 6.07) is -0.0289. The topological polar surface area (TPSA) is 47.0 Å². The third-order valence-electron chi connectivity index (χ3n) is 2.93. The van der Waals surface area contributed by atoms with Crippen LogP contribution in [0.25, 0.3) is 0 Å². The van der Waals surface area contributed by atoms with Crippen molar-refractivity contribution in [2.75, 3.05) is 20.3 Å². The molecule has 0 aliphatic rings. The molecule has 2 rings (SSSR count). The summed E-state index contributed by atoms with van der Waals surface area (Å²) in [5, 5.41) is 7.52. The van der Waals surface area contributed by atoms with Crippen molar-refractivity contribution in [2.45, 2.75) is 32.2 Å². The van der Waals surface area contributed by atoms with E-state index in [0.29, 0.717) is 10.9 Å². The lowest BCUT2D eigenvalue weighted by Crippen LogP contribution is -2.26. The normalized spacial score (nSPS) is 13.6. The zero-order valence-electron chi connectivity index (χ0n) is 12.6. The minimum absolute atomic E-state index is 0.0289. The number of halogens is 1. The highest BCUT2D eigenvalue weighted by molar-refractivity contribution is 7.16. The van der Waals surface area contributed by atoms with Crippen molar-refractivity contribution < 1.29 is 4.74 Å². The Hall–Kier alpha value is -0.530. The molecule has 7 heteroatoms. The summed E-state index contributed by atoms with van der Waals surface area (Å²) >= 11 is 9.16. The van der Waals surface area contributed by atoms with Gasteiger partial charge in [0, 0.05) is 24.4 Å². The van der Waals surface area contributed by atoms with Gasteiger partial charge in [0.25, 0.3) is 0 Å². The molecule has 0 saturated heterocycles. The van der Waals surface area contributed by atoms with Crippen LogP contribution in [0.1, 0.15) is 42.5 Å². The Morgan fingerprint density at radius 1 is 1.38 bits per heavy atom. The summed E-state index contributed by atoms with van der Waals surface area (Å²) in [4.78, 5) is 9.18. The Morgan fingerprint density at radius 3 is 2.67 bits per heavy atom. The number of ether oxygens (including phenoxy) is 1. The maximum atomic E-state index is 6.02. The van der Waals surface area contributed by atoms with E-state index in [-0.39, 0.29) is 11.5 Å². The summed E-state index contributed by atoms with van der Waals surface area (Å²) in [5.74, 6) is 0. The zero-order chi connectivity index (χ0) is 15.5. The van der Waals surface area contributed by atoms with Gasteiger partial charge in [-0.3, -0.25) is 5.32 Å². The molecule has 2 heterocycles. The summed E-state index contributed by atoms with van der Waals surface area (Å²) < 4.78 is 5.80. The van der Waals surface area contributed by atoms with Gasteiger partial charge in [-0.05, 0) is 0 Å². The molecular formula is C14H20ClN3OS2. The molecule has 4 nitrogen and oxygen atoms in total. The molecule has 2 aromatic rings. The van der Waals surface area contributed by atoms with E-state index in [4.69, 9.17) is 21.3 Å². The molecule has 0 amide bonds. The van der Waals surface area contributed by atoms with Gasteiger partial charge < -0.3 is 4.74 Å². The number of methoxy groups -OCH3 is 1. The number of hydrogen-bond acceptors (Lipinski definition) is 6. The summed E-state index contributed by atoms with van der Waals surface area (Å²) in [6.45, 7) is 7.88. The lowest BCUT2D eigenvalue weighted by atomic mass is 9.93. The Morgan fingerprint density at radius 2 is 2.14 bits per heavy atom. The van der Waals surface area contributed by atoms with Gasteiger partial charge in [-0.15, -0.1) is 22.7 Å². The summed E-state index contributed by atoms with van der Waals surface area (Å²) in [6.07, 6.45) is 1.69. The first-order chi connectivity index (χ1) is 9.91. The van der Waals surface area contributed by atoms with E-state index >= 15 is 0 Å². The van der Waals surface area contributed by atoms with Crippen LogP contribution >= 0.6 is 34.3 Å². The number of thiazole rings is 2. The SMILES string of the molecule is COCCNC(c1nc(C(C)(C)C)cs1)c1ncc(Cl)s1. The highest BCUT2D eigenvalue weighted by atomic mass is 35.5. The Bertz CT molecular complexity index is 577. The largest absolute Gasteiger partial charge is 0.383 e. The van der Waals surface area contributed by atoms with E-state index in [1.165, 1.54) is 11.3 Å². The Kier molecular flexibility index (Phi) is 5.73. The zero-order valence-corrected chi connectivity index (χ0v) is 15.0. The fourth-order valence-corrected chi connectivity index (χ4v) is 3.96. The van der Waals surface area contributed by atoms with Crippen LogP contribution in [0.5, 0.6) is 0 Å². The van der Waals surface area contributed by atoms with E-state index in [0.717, 1.165) is 22.3 Å². The van der Waals surface area contributed by atoms with Crippen LogP contribution in [0.15, 0.2) is 11.6 Å². The van der Waals surface area contributed by atoms with Crippen LogP contribution in [0.3, 0.4) is 0 Å². The molecule has 116 valence electrons. The molecule has 0 aromatic carbocycles. The number of nitrogens with zero attached hydrogens (tertiary/aromatic N) is 2. The average Bonchev–Trinajstić information content (AvgIpc) is 3.03. The van der Waals surface area contributed by atoms with Gasteiger partial charge in [0.2, 0.25) is 0 Å². The first-order valence-corrected chi connectivity index (χ1v) is 8.78. The van der Waals surface area contributed by atoms with Crippen molar-refractivity contribution in [3.63, 3.8) is 0 Å². The van der Waals surface area contributed by atoms with Crippen molar-refractivity contribution in [1.82, 2.24) is 15.3 Å². The first-order valence-electron chi connectivity index (χ1n) is 6.71. The third-order valence-corrected chi connectivity index (χ3v) is 5.02. The van der Waals surface area contributed by atoms with Crippen LogP contribution in [-0.2, 0) is 10.2 Å². The van der Waals surface area contributed by atoms with Gasteiger partial charge in [-0.1, -0.05) is 32.4 Å². The molecule has 21 heavy (non-hydrogen) atoms. The monoisotopic (exact) mass is 345 g/mol. The van der Waals surface area contributed by atoms with Crippen LogP contribution < -0.4 is 5.32 Å². The number of aromatic nitrogens is 2. The quantitative estimate of drug-likeness (QED) is 0.807. The second-order valence-corrected chi connectivity index (χ2v) is 8.29. The highest BCUT2D eigenvalue weighted by Crippen LogP contribution is 2.32. The van der Waals surface area contributed by atoms with Crippen LogP contribution in [0.2, 0.25) is 4.34 Å². The predicted molar refractivity (Wildman–Crippen MR) is 89.7 cm³/mol. The van der Waals surface area contributed by atoms with E-state index in [9.17, 15) is 0 Å². The molecule has 0 aliphatic carbocycles. The van der Waals surface area contributed by atoms with Gasteiger partial charge in [-0.25, -0.2) is 9.97 Å². The van der Waals surface area contributed by atoms with Crippen molar-refractivity contribution in [2.24, 2.45) is 0 Å². The fourth-order valence-electron chi connectivity index (χ4n) is 1.75. The molecule has 1 N–H and O–H groups in total. The minimum atomic E-state index is -0.0289. The molecular weight excluding hydrogens is 326 g/mol. The molecule has 0 fully saturated rings. The first kappa shape index (κ1) is 16.8. The average molecular weight is 346 g/mol. The fraction of sp³-hybridized carbons (Fsp3) is 0.571. The van der Waals surface area contributed by atoms with Crippen LogP contribution in [0, 0.1) is 0 Å². The smallest absolute Gasteiger partial charge is 0.118 e. The van der Waals surface area contributed by atoms with Crippen molar-refractivity contribution >= 4 is 34.3 Å². The Balaban J connectivity index is 2.24. The van der Waals surface area contributed by atoms with Crippen LogP contribution in [-0.4, -0.2) is 30.2 Å². The summed E-state index contributed by atoms with van der Waals surface area (Å²) in [7, 11) is 1.69. The number of nitrogens with one attached hydrogen (secondary N) is 1. The van der Waals surface area contributed by atoms with E-state index in [2.05, 4.69) is 36.5 Å². The van der Waals surface area contributed by atoms with Crippen molar-refractivity contribution in [1.29, 1.82) is 0 Å². The molecule has 0 saturated carbocycles. The predicted octanol–water partition coefficient (Wildman–Crippen LogP) is 3.88.